The Morgan fingerprint density at radius 1 is 1.54 bits per heavy atom. The minimum absolute atomic E-state index is 0.0428. The van der Waals surface area contributed by atoms with Gasteiger partial charge in [-0.25, -0.2) is 0 Å². The molecule has 4 aliphatic rings. The molecule has 0 radical (unpaired) electrons. The van der Waals surface area contributed by atoms with E-state index in [2.05, 4.69) is 12.2 Å². The van der Waals surface area contributed by atoms with E-state index >= 15 is 0 Å². The fraction of sp³-hybridized carbons (Fsp3) is 0.700. The molecule has 13 heavy (non-hydrogen) atoms. The van der Waals surface area contributed by atoms with Crippen LogP contribution in [0.4, 0.5) is 0 Å². The average molecular weight is 178 g/mol. The number of rotatable bonds is 0. The number of epoxide rings is 2. The van der Waals surface area contributed by atoms with Crippen molar-refractivity contribution < 1.29 is 14.3 Å². The highest BCUT2D eigenvalue weighted by Crippen LogP contribution is 2.66. The normalized spacial score (nSPS) is 60.8. The van der Waals surface area contributed by atoms with Crippen molar-refractivity contribution in [2.75, 3.05) is 0 Å². The van der Waals surface area contributed by atoms with Gasteiger partial charge in [0.2, 0.25) is 0 Å². The Morgan fingerprint density at radius 2 is 2.46 bits per heavy atom. The van der Waals surface area contributed by atoms with Crippen molar-refractivity contribution in [2.45, 2.75) is 42.7 Å². The van der Waals surface area contributed by atoms with Gasteiger partial charge < -0.3 is 9.47 Å². The predicted octanol–water partition coefficient (Wildman–Crippen LogP) is 0.584. The van der Waals surface area contributed by atoms with E-state index in [1.54, 1.807) is 0 Å². The molecule has 4 atom stereocenters. The number of ether oxygens (including phenoxy) is 2. The lowest BCUT2D eigenvalue weighted by Gasteiger charge is -2.03. The molecule has 0 aromatic heterocycles. The molecule has 2 heterocycles. The van der Waals surface area contributed by atoms with Crippen LogP contribution in [0.5, 0.6) is 0 Å². The second kappa shape index (κ2) is 1.62. The van der Waals surface area contributed by atoms with Crippen LogP contribution < -0.4 is 0 Å². The lowest BCUT2D eigenvalue weighted by Crippen LogP contribution is -2.33. The molecule has 2 saturated heterocycles. The van der Waals surface area contributed by atoms with Crippen LogP contribution in [0.2, 0.25) is 0 Å². The molecule has 0 aromatic rings. The van der Waals surface area contributed by atoms with Crippen LogP contribution in [0.25, 0.3) is 0 Å². The summed E-state index contributed by atoms with van der Waals surface area (Å²) in [6.07, 6.45) is 6.85. The van der Waals surface area contributed by atoms with Crippen molar-refractivity contribution in [3.8, 4) is 0 Å². The summed E-state index contributed by atoms with van der Waals surface area (Å²) in [6.45, 7) is 0. The molecule has 0 bridgehead atoms. The van der Waals surface area contributed by atoms with Crippen molar-refractivity contribution >= 4 is 5.78 Å². The summed E-state index contributed by atoms with van der Waals surface area (Å²) in [7, 11) is 0. The molecule has 2 aliphatic heterocycles. The van der Waals surface area contributed by atoms with Crippen LogP contribution in [0, 0.1) is 0 Å². The van der Waals surface area contributed by atoms with Crippen molar-refractivity contribution in [3.63, 3.8) is 0 Å². The highest BCUT2D eigenvalue weighted by atomic mass is 16.7. The molecular weight excluding hydrogens is 168 g/mol. The molecule has 0 spiro atoms. The van der Waals surface area contributed by atoms with Crippen LogP contribution >= 0.6 is 0 Å². The molecule has 3 heteroatoms. The Kier molecular flexibility index (Phi) is 0.839. The van der Waals surface area contributed by atoms with Crippen LogP contribution in [0.15, 0.2) is 12.2 Å². The van der Waals surface area contributed by atoms with E-state index < -0.39 is 5.60 Å². The molecule has 0 N–H and O–H groups in total. The van der Waals surface area contributed by atoms with E-state index in [4.69, 9.17) is 9.47 Å². The van der Waals surface area contributed by atoms with E-state index in [9.17, 15) is 4.79 Å². The van der Waals surface area contributed by atoms with E-state index in [1.807, 2.05) is 0 Å². The molecule has 3 fully saturated rings. The zero-order chi connectivity index (χ0) is 8.68. The van der Waals surface area contributed by atoms with Gasteiger partial charge in [-0.15, -0.1) is 0 Å². The molecule has 0 aromatic carbocycles. The van der Waals surface area contributed by atoms with Gasteiger partial charge in [0.25, 0.3) is 0 Å². The first kappa shape index (κ1) is 6.74. The molecule has 2 aliphatic carbocycles. The zero-order valence-electron chi connectivity index (χ0n) is 7.16. The van der Waals surface area contributed by atoms with Crippen molar-refractivity contribution in [3.05, 3.63) is 12.2 Å². The van der Waals surface area contributed by atoms with Gasteiger partial charge in [0.1, 0.15) is 17.8 Å². The maximum absolute atomic E-state index is 11.7. The number of ketones is 1. The topological polar surface area (TPSA) is 42.1 Å². The van der Waals surface area contributed by atoms with Gasteiger partial charge in [0, 0.05) is 6.42 Å². The van der Waals surface area contributed by atoms with Crippen molar-refractivity contribution in [1.29, 1.82) is 0 Å². The monoisotopic (exact) mass is 178 g/mol. The number of hydrogen-bond acceptors (Lipinski definition) is 3. The minimum Gasteiger partial charge on any atom is -0.361 e. The Morgan fingerprint density at radius 3 is 3.38 bits per heavy atom. The molecule has 3 nitrogen and oxygen atoms in total. The third-order valence-electron chi connectivity index (χ3n) is 3.86. The van der Waals surface area contributed by atoms with Gasteiger partial charge in [-0.1, -0.05) is 12.2 Å². The number of fused-ring (bicyclic) bond motifs is 1. The van der Waals surface area contributed by atoms with Gasteiger partial charge >= 0.3 is 0 Å². The summed E-state index contributed by atoms with van der Waals surface area (Å²) in [5, 5.41) is 0. The Labute approximate surface area is 75.7 Å². The second-order valence-electron chi connectivity index (χ2n) is 4.41. The maximum atomic E-state index is 11.7. The molecule has 0 amide bonds. The minimum atomic E-state index is -0.513. The predicted molar refractivity (Wildman–Crippen MR) is 43.2 cm³/mol. The maximum Gasteiger partial charge on any atom is 0.185 e. The van der Waals surface area contributed by atoms with E-state index in [1.165, 1.54) is 0 Å². The lowest BCUT2D eigenvalue weighted by atomic mass is 9.90. The van der Waals surface area contributed by atoms with Gasteiger partial charge in [-0.2, -0.15) is 0 Å². The van der Waals surface area contributed by atoms with Crippen LogP contribution in [-0.2, 0) is 14.3 Å². The first-order valence-electron chi connectivity index (χ1n) is 4.84. The fourth-order valence-electron chi connectivity index (χ4n) is 3.09. The summed E-state index contributed by atoms with van der Waals surface area (Å²) < 4.78 is 11.2. The van der Waals surface area contributed by atoms with Crippen LogP contribution in [0.3, 0.4) is 0 Å². The summed E-state index contributed by atoms with van der Waals surface area (Å²) in [5.41, 5.74) is -0.669. The summed E-state index contributed by atoms with van der Waals surface area (Å²) >= 11 is 0. The summed E-state index contributed by atoms with van der Waals surface area (Å²) in [6, 6.07) is 0. The van der Waals surface area contributed by atoms with Crippen molar-refractivity contribution in [2.24, 2.45) is 0 Å². The largest absolute Gasteiger partial charge is 0.361 e. The number of carbonyl (C=O) groups excluding carboxylic acids is 1. The highest BCUT2D eigenvalue weighted by Gasteiger charge is 2.84. The third-order valence-corrected chi connectivity index (χ3v) is 3.86. The molecular formula is C10H10O3. The first-order chi connectivity index (χ1) is 6.29. The van der Waals surface area contributed by atoms with Gasteiger partial charge in [0.05, 0.1) is 0 Å². The molecule has 4 rings (SSSR count). The van der Waals surface area contributed by atoms with E-state index in [0.29, 0.717) is 6.42 Å². The average Bonchev–Trinajstić information content (AvgIpc) is 2.92. The smallest absolute Gasteiger partial charge is 0.185 e. The lowest BCUT2D eigenvalue weighted by molar-refractivity contribution is -0.124. The Hall–Kier alpha value is -0.670. The number of carbonyl (C=O) groups is 1. The van der Waals surface area contributed by atoms with Gasteiger partial charge in [-0.05, 0) is 12.8 Å². The first-order valence-corrected chi connectivity index (χ1v) is 4.84. The third kappa shape index (κ3) is 0.525. The fourth-order valence-corrected chi connectivity index (χ4v) is 3.09. The number of Topliss-reactive ketones (excluding diaryl/α,β-unsaturated/α-hetero) is 1. The van der Waals surface area contributed by atoms with Gasteiger partial charge in [-0.3, -0.25) is 4.79 Å². The quantitative estimate of drug-likeness (QED) is 0.402. The summed E-state index contributed by atoms with van der Waals surface area (Å²) in [5.74, 6) is 0.267. The van der Waals surface area contributed by atoms with Crippen molar-refractivity contribution in [1.82, 2.24) is 0 Å². The van der Waals surface area contributed by atoms with E-state index in [-0.39, 0.29) is 23.6 Å². The second-order valence-corrected chi connectivity index (χ2v) is 4.41. The van der Waals surface area contributed by atoms with Crippen LogP contribution in [-0.4, -0.2) is 29.2 Å². The summed E-state index contributed by atoms with van der Waals surface area (Å²) in [4.78, 5) is 11.7. The molecule has 1 saturated carbocycles. The molecule has 4 unspecified atom stereocenters. The van der Waals surface area contributed by atoms with Crippen LogP contribution in [0.1, 0.15) is 19.3 Å². The van der Waals surface area contributed by atoms with E-state index in [0.717, 1.165) is 12.8 Å². The highest BCUT2D eigenvalue weighted by molar-refractivity contribution is 5.96. The number of hydrogen-bond donors (Lipinski definition) is 0. The Balaban J connectivity index is 1.88. The zero-order valence-corrected chi connectivity index (χ0v) is 7.16. The van der Waals surface area contributed by atoms with Gasteiger partial charge in [0.15, 0.2) is 11.4 Å². The molecule has 68 valence electrons. The SMILES string of the molecule is O=C1CCC23CC=CC4OC4C12O3. The Bertz CT molecular complexity index is 348. The standard InChI is InChI=1S/C10H10O3/c11-7-3-5-9-4-1-2-6-8(12-6)10(7,9)13-9/h1-2,6,8H,3-5H2.